The average Bonchev–Trinajstić information content (AvgIpc) is 2.81. The Hall–Kier alpha value is -2.23. The number of likely N-dealkylation sites (N-methyl/N-ethyl adjacent to an activating group) is 1. The first-order valence-corrected chi connectivity index (χ1v) is 5.89. The molecule has 0 bridgehead atoms. The second kappa shape index (κ2) is 5.40. The number of para-hydroxylation sites is 1. The molecule has 2 rings (SSSR count). The first-order chi connectivity index (χ1) is 8.76. The average molecular weight is 243 g/mol. The van der Waals surface area contributed by atoms with E-state index in [0.717, 1.165) is 16.5 Å². The highest BCUT2D eigenvalue weighted by Gasteiger charge is 2.17. The largest absolute Gasteiger partial charge is 0.380 e. The summed E-state index contributed by atoms with van der Waals surface area (Å²) in [5.74, 6) is -0.0415. The topological polar surface area (TPSA) is 56.9 Å². The van der Waals surface area contributed by atoms with Gasteiger partial charge in [-0.05, 0) is 17.8 Å². The minimum absolute atomic E-state index is 0.0415. The van der Waals surface area contributed by atoms with Crippen LogP contribution in [0.3, 0.4) is 0 Å². The minimum Gasteiger partial charge on any atom is -0.380 e. The highest BCUT2D eigenvalue weighted by atomic mass is 16.2. The number of rotatable bonds is 5. The van der Waals surface area contributed by atoms with Gasteiger partial charge in [-0.15, -0.1) is 0 Å². The molecule has 0 unspecified atom stereocenters. The van der Waals surface area contributed by atoms with Crippen molar-refractivity contribution in [3.8, 4) is 0 Å². The molecule has 0 saturated carbocycles. The number of hydrogen-bond acceptors (Lipinski definition) is 2. The number of aromatic nitrogens is 1. The molecule has 1 heterocycles. The van der Waals surface area contributed by atoms with E-state index < -0.39 is 0 Å². The Bertz CT molecular complexity index is 559. The fraction of sp³-hybridized carbons (Fsp3) is 0.214. The maximum absolute atomic E-state index is 11.7. The van der Waals surface area contributed by atoms with Gasteiger partial charge in [0.25, 0.3) is 0 Å². The standard InChI is InChI=1S/C14H17N3O/c1-3-16-13(14(18)15-2)8-10-9-17-12-7-5-4-6-11(10)12/h3-7,9,13,16-17H,1,8H2,2H3,(H,15,18)/t13-/m0/s1. The molecule has 3 N–H and O–H groups in total. The molecule has 0 fully saturated rings. The van der Waals surface area contributed by atoms with E-state index in [4.69, 9.17) is 0 Å². The van der Waals surface area contributed by atoms with Gasteiger partial charge < -0.3 is 15.6 Å². The van der Waals surface area contributed by atoms with Crippen molar-refractivity contribution in [2.24, 2.45) is 0 Å². The van der Waals surface area contributed by atoms with Crippen molar-refractivity contribution in [1.82, 2.24) is 15.6 Å². The summed E-state index contributed by atoms with van der Waals surface area (Å²) in [5.41, 5.74) is 2.20. The van der Waals surface area contributed by atoms with Crippen LogP contribution in [0.4, 0.5) is 0 Å². The van der Waals surface area contributed by atoms with Crippen molar-refractivity contribution in [2.45, 2.75) is 12.5 Å². The second-order valence-electron chi connectivity index (χ2n) is 4.10. The smallest absolute Gasteiger partial charge is 0.242 e. The Morgan fingerprint density at radius 2 is 2.28 bits per heavy atom. The summed E-state index contributed by atoms with van der Waals surface area (Å²) in [6.07, 6.45) is 4.12. The monoisotopic (exact) mass is 243 g/mol. The molecule has 0 aliphatic carbocycles. The van der Waals surface area contributed by atoms with Gasteiger partial charge >= 0.3 is 0 Å². The summed E-state index contributed by atoms with van der Waals surface area (Å²) < 4.78 is 0. The number of aromatic amines is 1. The lowest BCUT2D eigenvalue weighted by Crippen LogP contribution is -2.41. The summed E-state index contributed by atoms with van der Waals surface area (Å²) in [6.45, 7) is 3.61. The molecule has 0 aliphatic rings. The van der Waals surface area contributed by atoms with Crippen molar-refractivity contribution in [2.75, 3.05) is 7.05 Å². The van der Waals surface area contributed by atoms with Crippen molar-refractivity contribution in [1.29, 1.82) is 0 Å². The molecule has 1 aromatic carbocycles. The van der Waals surface area contributed by atoms with E-state index in [1.54, 1.807) is 13.2 Å². The van der Waals surface area contributed by atoms with Crippen LogP contribution >= 0.6 is 0 Å². The van der Waals surface area contributed by atoms with Crippen molar-refractivity contribution >= 4 is 16.8 Å². The molecular formula is C14H17N3O. The maximum atomic E-state index is 11.7. The predicted octanol–water partition coefficient (Wildman–Crippen LogP) is 1.56. The van der Waals surface area contributed by atoms with Crippen LogP contribution in [0.15, 0.2) is 43.2 Å². The minimum atomic E-state index is -0.299. The lowest BCUT2D eigenvalue weighted by molar-refractivity contribution is -0.122. The number of H-pyrrole nitrogens is 1. The van der Waals surface area contributed by atoms with Gasteiger partial charge in [0, 0.05) is 30.6 Å². The van der Waals surface area contributed by atoms with Crippen molar-refractivity contribution < 1.29 is 4.79 Å². The number of hydrogen-bond donors (Lipinski definition) is 3. The quantitative estimate of drug-likeness (QED) is 0.746. The molecule has 1 atom stereocenters. The van der Waals surface area contributed by atoms with Crippen LogP contribution in [0.25, 0.3) is 10.9 Å². The van der Waals surface area contributed by atoms with E-state index in [2.05, 4.69) is 28.3 Å². The highest BCUT2D eigenvalue weighted by Crippen LogP contribution is 2.19. The molecule has 1 amide bonds. The zero-order valence-corrected chi connectivity index (χ0v) is 10.4. The van der Waals surface area contributed by atoms with Crippen LogP contribution in [0.2, 0.25) is 0 Å². The molecule has 0 spiro atoms. The van der Waals surface area contributed by atoms with E-state index in [0.29, 0.717) is 6.42 Å². The summed E-state index contributed by atoms with van der Waals surface area (Å²) in [7, 11) is 1.63. The number of carbonyl (C=O) groups is 1. The van der Waals surface area contributed by atoms with Gasteiger partial charge in [-0.25, -0.2) is 0 Å². The lowest BCUT2D eigenvalue weighted by Gasteiger charge is -2.15. The van der Waals surface area contributed by atoms with Gasteiger partial charge in [0.1, 0.15) is 6.04 Å². The van der Waals surface area contributed by atoms with Crippen molar-refractivity contribution in [3.63, 3.8) is 0 Å². The third-order valence-corrected chi connectivity index (χ3v) is 2.98. The molecule has 1 aromatic heterocycles. The summed E-state index contributed by atoms with van der Waals surface area (Å²) in [4.78, 5) is 14.9. The Labute approximate surface area is 106 Å². The number of nitrogens with one attached hydrogen (secondary N) is 3. The number of fused-ring (bicyclic) bond motifs is 1. The van der Waals surface area contributed by atoms with Crippen LogP contribution in [-0.4, -0.2) is 24.0 Å². The van der Waals surface area contributed by atoms with Gasteiger partial charge in [0.2, 0.25) is 5.91 Å². The van der Waals surface area contributed by atoms with Crippen LogP contribution in [0.1, 0.15) is 5.56 Å². The van der Waals surface area contributed by atoms with Gasteiger partial charge in [0.05, 0.1) is 0 Å². The SMILES string of the molecule is C=CN[C@@H](Cc1c[nH]c2ccccc12)C(=O)NC. The van der Waals surface area contributed by atoms with Crippen LogP contribution in [0, 0.1) is 0 Å². The summed E-state index contributed by atoms with van der Waals surface area (Å²) in [5, 5.41) is 6.78. The normalized spacial score (nSPS) is 12.1. The zero-order chi connectivity index (χ0) is 13.0. The molecule has 0 radical (unpaired) electrons. The predicted molar refractivity (Wildman–Crippen MR) is 73.2 cm³/mol. The fourth-order valence-electron chi connectivity index (χ4n) is 2.06. The molecule has 18 heavy (non-hydrogen) atoms. The highest BCUT2D eigenvalue weighted by molar-refractivity contribution is 5.86. The third kappa shape index (κ3) is 2.37. The van der Waals surface area contributed by atoms with E-state index in [1.807, 2.05) is 24.4 Å². The maximum Gasteiger partial charge on any atom is 0.242 e. The zero-order valence-electron chi connectivity index (χ0n) is 10.4. The molecule has 4 heteroatoms. The second-order valence-corrected chi connectivity index (χ2v) is 4.10. The first kappa shape index (κ1) is 12.2. The molecule has 0 saturated heterocycles. The van der Waals surface area contributed by atoms with E-state index in [1.165, 1.54) is 0 Å². The van der Waals surface area contributed by atoms with Gasteiger partial charge in [-0.1, -0.05) is 24.8 Å². The van der Waals surface area contributed by atoms with E-state index in [9.17, 15) is 4.79 Å². The van der Waals surface area contributed by atoms with E-state index >= 15 is 0 Å². The molecule has 2 aromatic rings. The molecular weight excluding hydrogens is 226 g/mol. The van der Waals surface area contributed by atoms with Crippen molar-refractivity contribution in [3.05, 3.63) is 48.8 Å². The lowest BCUT2D eigenvalue weighted by atomic mass is 10.0. The Morgan fingerprint density at radius 1 is 1.50 bits per heavy atom. The van der Waals surface area contributed by atoms with Gasteiger partial charge in [0.15, 0.2) is 0 Å². The molecule has 0 aliphatic heterocycles. The van der Waals surface area contributed by atoms with Crippen LogP contribution in [-0.2, 0) is 11.2 Å². The molecule has 94 valence electrons. The number of carbonyl (C=O) groups excluding carboxylic acids is 1. The Kier molecular flexibility index (Phi) is 3.67. The summed E-state index contributed by atoms with van der Waals surface area (Å²) in [6, 6.07) is 7.76. The number of amides is 1. The van der Waals surface area contributed by atoms with Gasteiger partial charge in [-0.2, -0.15) is 0 Å². The van der Waals surface area contributed by atoms with Crippen LogP contribution in [0.5, 0.6) is 0 Å². The third-order valence-electron chi connectivity index (χ3n) is 2.98. The van der Waals surface area contributed by atoms with Gasteiger partial charge in [-0.3, -0.25) is 4.79 Å². The Balaban J connectivity index is 2.25. The fourth-order valence-corrected chi connectivity index (χ4v) is 2.06. The first-order valence-electron chi connectivity index (χ1n) is 5.89. The van der Waals surface area contributed by atoms with Crippen LogP contribution < -0.4 is 10.6 Å². The number of benzene rings is 1. The van der Waals surface area contributed by atoms with E-state index in [-0.39, 0.29) is 11.9 Å². The summed E-state index contributed by atoms with van der Waals surface area (Å²) >= 11 is 0. The molecule has 4 nitrogen and oxygen atoms in total. The Morgan fingerprint density at radius 3 is 3.00 bits per heavy atom.